The number of hydrogen-bond donors (Lipinski definition) is 0. The van der Waals surface area contributed by atoms with E-state index in [0.717, 1.165) is 0 Å². The normalized spacial score (nSPS) is 9.07. The zero-order chi connectivity index (χ0) is 10.4. The van der Waals surface area contributed by atoms with Crippen molar-refractivity contribution in [2.24, 2.45) is 0 Å². The maximum absolute atomic E-state index is 2.20. The minimum atomic E-state index is 0. The van der Waals surface area contributed by atoms with Crippen molar-refractivity contribution in [2.45, 2.75) is 26.7 Å². The van der Waals surface area contributed by atoms with Crippen LogP contribution in [0.2, 0.25) is 0 Å². The van der Waals surface area contributed by atoms with Gasteiger partial charge >= 0.3 is 0 Å². The summed E-state index contributed by atoms with van der Waals surface area (Å²) in [6, 6.07) is 16.7. The van der Waals surface area contributed by atoms with Crippen LogP contribution in [0.1, 0.15) is 30.9 Å². The zero-order valence-electron chi connectivity index (χ0n) is 9.55. The van der Waals surface area contributed by atoms with Gasteiger partial charge in [-0.15, -0.1) is 0 Å². The molecule has 1 heteroatoms. The van der Waals surface area contributed by atoms with Gasteiger partial charge in [-0.3, -0.25) is 0 Å². The van der Waals surface area contributed by atoms with E-state index in [1.165, 1.54) is 11.1 Å². The van der Waals surface area contributed by atoms with Crippen molar-refractivity contribution >= 4 is 0 Å². The first-order chi connectivity index (χ1) is 6.70. The number of hydrogen-bond acceptors (Lipinski definition) is 0. The van der Waals surface area contributed by atoms with Gasteiger partial charge in [-0.05, 0) is 0 Å². The molecule has 0 N–H and O–H groups in total. The van der Waals surface area contributed by atoms with Crippen LogP contribution in [0, 0.1) is 6.92 Å². The molecule has 0 aliphatic heterocycles. The second-order valence-electron chi connectivity index (χ2n) is 3.84. The zero-order valence-corrected chi connectivity index (χ0v) is 11.3. The van der Waals surface area contributed by atoms with Crippen molar-refractivity contribution in [3.63, 3.8) is 0 Å². The van der Waals surface area contributed by atoms with Crippen LogP contribution in [-0.4, -0.2) is 0 Å². The molecule has 0 bridgehead atoms. The van der Waals surface area contributed by atoms with Crippen molar-refractivity contribution in [1.82, 2.24) is 0 Å². The van der Waals surface area contributed by atoms with Gasteiger partial charge in [0, 0.05) is 19.5 Å². The van der Waals surface area contributed by atoms with Gasteiger partial charge in [0.2, 0.25) is 0 Å². The molecule has 0 atom stereocenters. The molecular weight excluding hydrogens is 269 g/mol. The maximum Gasteiger partial charge on any atom is 0 e. The first kappa shape index (κ1) is 14.3. The Labute approximate surface area is 106 Å². The summed E-state index contributed by atoms with van der Waals surface area (Å²) in [5.41, 5.74) is 2.78. The summed E-state index contributed by atoms with van der Waals surface area (Å²) in [7, 11) is 0. The molecule has 0 nitrogen and oxygen atoms in total. The van der Waals surface area contributed by atoms with Crippen LogP contribution in [0.4, 0.5) is 0 Å². The summed E-state index contributed by atoms with van der Waals surface area (Å²) < 4.78 is 0. The van der Waals surface area contributed by atoms with Gasteiger partial charge in [0.25, 0.3) is 0 Å². The fourth-order valence-electron chi connectivity index (χ4n) is 1.24. The summed E-state index contributed by atoms with van der Waals surface area (Å²) in [5, 5.41) is 0. The van der Waals surface area contributed by atoms with Gasteiger partial charge in [0.05, 0.1) is 0 Å². The number of aryl methyl sites for hydroxylation is 1. The summed E-state index contributed by atoms with van der Waals surface area (Å²) >= 11 is 0. The van der Waals surface area contributed by atoms with Crippen LogP contribution in [0.5, 0.6) is 0 Å². The molecular formula is C14H18Ru-6. The Hall–Kier alpha value is -0.677. The molecule has 0 radical (unpaired) electrons. The van der Waals surface area contributed by atoms with E-state index in [2.05, 4.69) is 57.2 Å². The summed E-state index contributed by atoms with van der Waals surface area (Å²) in [4.78, 5) is 0. The summed E-state index contributed by atoms with van der Waals surface area (Å²) in [6.07, 6.45) is 0. The fraction of sp³-hybridized carbons (Fsp3) is 0.286. The van der Waals surface area contributed by atoms with Gasteiger partial charge < -0.3 is 29.8 Å². The minimum absolute atomic E-state index is 0. The van der Waals surface area contributed by atoms with Gasteiger partial charge in [0.15, 0.2) is 0 Å². The van der Waals surface area contributed by atoms with E-state index in [4.69, 9.17) is 0 Å². The average Bonchev–Trinajstić information content (AvgIpc) is 2.75. The second kappa shape index (κ2) is 7.59. The first-order valence-electron chi connectivity index (χ1n) is 5.10. The molecule has 2 aromatic carbocycles. The van der Waals surface area contributed by atoms with Gasteiger partial charge in [0.1, 0.15) is 0 Å². The Kier molecular flexibility index (Phi) is 7.25. The van der Waals surface area contributed by atoms with Crippen molar-refractivity contribution in [3.05, 3.63) is 59.7 Å². The largest absolute Gasteiger partial charge is 0.748 e. The molecule has 2 rings (SSSR count). The average molecular weight is 287 g/mol. The molecule has 0 unspecified atom stereocenters. The molecule has 0 saturated carbocycles. The SMILES string of the molecule is CC(C)[c-]1cccc1.C[c-]1[cH-][cH-][cH-][cH-]1.[Ru]. The van der Waals surface area contributed by atoms with E-state index in [1.807, 2.05) is 12.1 Å². The predicted molar refractivity (Wildman–Crippen MR) is 62.9 cm³/mol. The Morgan fingerprint density at radius 2 is 1.47 bits per heavy atom. The third-order valence-electron chi connectivity index (χ3n) is 2.18. The Balaban J connectivity index is 0.000000253. The van der Waals surface area contributed by atoms with Crippen LogP contribution in [0.25, 0.3) is 0 Å². The van der Waals surface area contributed by atoms with E-state index in [0.29, 0.717) is 5.92 Å². The molecule has 15 heavy (non-hydrogen) atoms. The van der Waals surface area contributed by atoms with Crippen molar-refractivity contribution in [2.75, 3.05) is 0 Å². The van der Waals surface area contributed by atoms with Crippen LogP contribution in [0.3, 0.4) is 0 Å². The van der Waals surface area contributed by atoms with E-state index in [-0.39, 0.29) is 19.5 Å². The standard InChI is InChI=1S/C8H11.C6H7.Ru/c1-7(2)8-5-3-4-6-8;1-6-4-2-3-5-6;/h3-7H,1-2H3;2-5H,1H3;/q-1;-5;. The van der Waals surface area contributed by atoms with Crippen molar-refractivity contribution < 1.29 is 19.5 Å². The molecule has 0 aromatic heterocycles. The van der Waals surface area contributed by atoms with E-state index in [1.54, 1.807) is 0 Å². The third-order valence-corrected chi connectivity index (χ3v) is 2.18. The van der Waals surface area contributed by atoms with Crippen LogP contribution in [0.15, 0.2) is 48.5 Å². The third kappa shape index (κ3) is 5.69. The first-order valence-corrected chi connectivity index (χ1v) is 5.10. The number of rotatable bonds is 1. The molecule has 0 fully saturated rings. The van der Waals surface area contributed by atoms with E-state index in [9.17, 15) is 0 Å². The van der Waals surface area contributed by atoms with Gasteiger partial charge in [-0.25, -0.2) is 19.1 Å². The quantitative estimate of drug-likeness (QED) is 0.543. The van der Waals surface area contributed by atoms with Gasteiger partial charge in [-0.2, -0.15) is 17.7 Å². The van der Waals surface area contributed by atoms with Gasteiger partial charge in [-0.1, -0.05) is 19.8 Å². The Morgan fingerprint density at radius 3 is 1.67 bits per heavy atom. The van der Waals surface area contributed by atoms with E-state index >= 15 is 0 Å². The molecule has 0 saturated heterocycles. The molecule has 0 aliphatic rings. The van der Waals surface area contributed by atoms with Crippen LogP contribution < -0.4 is 0 Å². The maximum atomic E-state index is 2.20. The van der Waals surface area contributed by atoms with Crippen molar-refractivity contribution in [3.8, 4) is 0 Å². The van der Waals surface area contributed by atoms with Crippen molar-refractivity contribution in [1.29, 1.82) is 0 Å². The monoisotopic (exact) mass is 288 g/mol. The molecule has 0 amide bonds. The molecule has 2 aromatic rings. The summed E-state index contributed by atoms with van der Waals surface area (Å²) in [6.45, 7) is 6.49. The summed E-state index contributed by atoms with van der Waals surface area (Å²) in [5.74, 6) is 0.685. The Morgan fingerprint density at radius 1 is 1.00 bits per heavy atom. The van der Waals surface area contributed by atoms with E-state index < -0.39 is 0 Å². The topological polar surface area (TPSA) is 0 Å². The van der Waals surface area contributed by atoms with Crippen LogP contribution >= 0.6 is 0 Å². The molecule has 0 spiro atoms. The smallest absolute Gasteiger partial charge is 0 e. The fourth-order valence-corrected chi connectivity index (χ4v) is 1.24. The Bertz CT molecular complexity index is 314. The molecule has 88 valence electrons. The molecule has 0 aliphatic carbocycles. The predicted octanol–water partition coefficient (Wildman–Crippen LogP) is 4.24. The van der Waals surface area contributed by atoms with Crippen LogP contribution in [-0.2, 0) is 19.5 Å². The second-order valence-corrected chi connectivity index (χ2v) is 3.84. The minimum Gasteiger partial charge on any atom is -0.748 e. The molecule has 0 heterocycles.